The van der Waals surface area contributed by atoms with Crippen molar-refractivity contribution in [3.8, 4) is 0 Å². The van der Waals surface area contributed by atoms with Crippen molar-refractivity contribution >= 4 is 52.6 Å². The molecular formula is C33H30Cl2N2O5. The summed E-state index contributed by atoms with van der Waals surface area (Å²) in [6.07, 6.45) is -0.266. The first-order chi connectivity index (χ1) is 19.9. The number of anilines is 1. The third-order valence-corrected chi connectivity index (χ3v) is 9.81. The number of nitrogens with zero attached hydrogens (tertiary/aromatic N) is 1. The van der Waals surface area contributed by atoms with Gasteiger partial charge in [-0.15, -0.1) is 23.2 Å². The molecule has 3 atom stereocenters. The lowest BCUT2D eigenvalue weighted by atomic mass is 9.54. The van der Waals surface area contributed by atoms with E-state index in [1.54, 1.807) is 52.0 Å². The van der Waals surface area contributed by atoms with Crippen LogP contribution in [0.5, 0.6) is 0 Å². The summed E-state index contributed by atoms with van der Waals surface area (Å²) in [7, 11) is 0. The van der Waals surface area contributed by atoms with Crippen LogP contribution in [0.3, 0.4) is 0 Å². The number of nitrogens with one attached hydrogen (secondary N) is 1. The molecule has 216 valence electrons. The summed E-state index contributed by atoms with van der Waals surface area (Å²) in [5, 5.41) is 2.82. The quantitative estimate of drug-likeness (QED) is 0.218. The number of likely N-dealkylation sites (tertiary alicyclic amines) is 1. The molecule has 1 aliphatic heterocycles. The number of benzene rings is 3. The molecule has 3 aromatic rings. The number of imide groups is 1. The van der Waals surface area contributed by atoms with Gasteiger partial charge < -0.3 is 10.1 Å². The first kappa shape index (κ1) is 28.4. The molecule has 0 radical (unpaired) electrons. The van der Waals surface area contributed by atoms with Gasteiger partial charge in [-0.3, -0.25) is 19.3 Å². The minimum atomic E-state index is -1.32. The average Bonchev–Trinajstić information content (AvgIpc) is 3.22. The van der Waals surface area contributed by atoms with Gasteiger partial charge in [0.2, 0.25) is 17.7 Å². The molecule has 1 N–H and O–H groups in total. The molecular weight excluding hydrogens is 575 g/mol. The van der Waals surface area contributed by atoms with Gasteiger partial charge >= 0.3 is 5.97 Å². The second-order valence-corrected chi connectivity index (χ2v) is 12.9. The Hall–Kier alpha value is -3.68. The van der Waals surface area contributed by atoms with Gasteiger partial charge in [-0.2, -0.15) is 0 Å². The number of carbonyl (C=O) groups is 4. The average molecular weight is 606 g/mol. The molecule has 3 aliphatic carbocycles. The highest BCUT2D eigenvalue weighted by molar-refractivity contribution is 6.36. The first-order valence-corrected chi connectivity index (χ1v) is 14.7. The summed E-state index contributed by atoms with van der Waals surface area (Å²) in [4.78, 5) is 53.1. The lowest BCUT2D eigenvalue weighted by Gasteiger charge is -2.54. The number of ether oxygens (including phenoxy) is 1. The monoisotopic (exact) mass is 604 g/mol. The van der Waals surface area contributed by atoms with Crippen LogP contribution < -0.4 is 5.32 Å². The molecule has 0 saturated carbocycles. The molecule has 0 aromatic heterocycles. The second kappa shape index (κ2) is 9.96. The molecule has 1 fully saturated rings. The summed E-state index contributed by atoms with van der Waals surface area (Å²) in [5.74, 6) is -4.44. The lowest BCUT2D eigenvalue weighted by molar-refractivity contribution is -0.148. The molecule has 3 amide bonds. The van der Waals surface area contributed by atoms with E-state index in [9.17, 15) is 19.2 Å². The Labute approximate surface area is 254 Å². The summed E-state index contributed by atoms with van der Waals surface area (Å²) >= 11 is 15.0. The number of alkyl halides is 2. The largest absolute Gasteiger partial charge is 0.459 e. The van der Waals surface area contributed by atoms with Crippen molar-refractivity contribution in [3.63, 3.8) is 0 Å². The number of esters is 1. The van der Waals surface area contributed by atoms with Gasteiger partial charge in [-0.25, -0.2) is 4.79 Å². The fourth-order valence-corrected chi connectivity index (χ4v) is 7.97. The Morgan fingerprint density at radius 3 is 1.57 bits per heavy atom. The smallest absolute Gasteiger partial charge is 0.338 e. The maximum absolute atomic E-state index is 14.3. The van der Waals surface area contributed by atoms with E-state index in [0.29, 0.717) is 33.5 Å². The van der Waals surface area contributed by atoms with E-state index < -0.39 is 57.2 Å². The number of hydrogen-bond acceptors (Lipinski definition) is 5. The Bertz CT molecular complexity index is 1510. The van der Waals surface area contributed by atoms with Crippen molar-refractivity contribution in [2.24, 2.45) is 17.8 Å². The maximum Gasteiger partial charge on any atom is 0.338 e. The van der Waals surface area contributed by atoms with Crippen LogP contribution in [0.25, 0.3) is 0 Å². The summed E-state index contributed by atoms with van der Waals surface area (Å²) in [5.41, 5.74) is 3.55. The molecule has 42 heavy (non-hydrogen) atoms. The van der Waals surface area contributed by atoms with Crippen molar-refractivity contribution in [1.29, 1.82) is 0 Å². The standard InChI is InChI=1S/C33H30Cl2N2O5/c1-17(2)27(28(38)36-20-15-13-19(14-16-20)31(41)42-18(3)4)37-29(39)25-26(30(37)40)33(35)22-10-6-5-9-21(22)32(25,34)23-11-7-8-12-24(23)33/h5-18,25-27H,1-4H3,(H,36,38)/t25-,26+,27-,32?,33?/m0/s1. The highest BCUT2D eigenvalue weighted by Crippen LogP contribution is 2.69. The van der Waals surface area contributed by atoms with Crippen molar-refractivity contribution in [3.05, 3.63) is 101 Å². The Kier molecular flexibility index (Phi) is 6.74. The van der Waals surface area contributed by atoms with E-state index in [0.717, 1.165) is 4.90 Å². The second-order valence-electron chi connectivity index (χ2n) is 11.7. The predicted molar refractivity (Wildman–Crippen MR) is 159 cm³/mol. The molecule has 1 heterocycles. The van der Waals surface area contributed by atoms with Gasteiger partial charge in [-0.05, 0) is 66.3 Å². The fourth-order valence-electron chi connectivity index (χ4n) is 6.87. The van der Waals surface area contributed by atoms with E-state index in [1.165, 1.54) is 0 Å². The van der Waals surface area contributed by atoms with Crippen LogP contribution in [0.2, 0.25) is 0 Å². The normalized spacial score (nSPS) is 26.1. The first-order valence-electron chi connectivity index (χ1n) is 14.0. The van der Waals surface area contributed by atoms with Crippen molar-refractivity contribution in [1.82, 2.24) is 4.90 Å². The minimum absolute atomic E-state index is 0.266. The molecule has 7 rings (SSSR count). The zero-order chi connectivity index (χ0) is 30.1. The Morgan fingerprint density at radius 1 is 0.762 bits per heavy atom. The highest BCUT2D eigenvalue weighted by atomic mass is 35.5. The molecule has 4 aliphatic rings. The lowest BCUT2D eigenvalue weighted by Crippen LogP contribution is -2.57. The molecule has 1 saturated heterocycles. The van der Waals surface area contributed by atoms with Crippen LogP contribution in [-0.4, -0.2) is 40.7 Å². The molecule has 7 nitrogen and oxygen atoms in total. The fraction of sp³-hybridized carbons (Fsp3) is 0.333. The van der Waals surface area contributed by atoms with Gasteiger partial charge in [0.05, 0.1) is 23.5 Å². The third kappa shape index (κ3) is 3.86. The Balaban J connectivity index is 1.36. The zero-order valence-corrected chi connectivity index (χ0v) is 25.1. The summed E-state index contributed by atoms with van der Waals surface area (Å²) in [6.45, 7) is 7.08. The summed E-state index contributed by atoms with van der Waals surface area (Å²) in [6, 6.07) is 20.0. The molecule has 9 heteroatoms. The topological polar surface area (TPSA) is 92.8 Å². The van der Waals surface area contributed by atoms with E-state index in [1.807, 2.05) is 48.5 Å². The van der Waals surface area contributed by atoms with E-state index >= 15 is 0 Å². The summed E-state index contributed by atoms with van der Waals surface area (Å²) < 4.78 is 5.22. The van der Waals surface area contributed by atoms with Crippen LogP contribution in [0.15, 0.2) is 72.8 Å². The molecule has 0 spiro atoms. The van der Waals surface area contributed by atoms with Crippen molar-refractivity contribution < 1.29 is 23.9 Å². The predicted octanol–water partition coefficient (Wildman–Crippen LogP) is 5.81. The van der Waals surface area contributed by atoms with Crippen molar-refractivity contribution in [2.75, 3.05) is 5.32 Å². The third-order valence-electron chi connectivity index (χ3n) is 8.53. The highest BCUT2D eigenvalue weighted by Gasteiger charge is 2.73. The van der Waals surface area contributed by atoms with Crippen LogP contribution in [0.4, 0.5) is 5.69 Å². The van der Waals surface area contributed by atoms with Crippen LogP contribution >= 0.6 is 23.2 Å². The van der Waals surface area contributed by atoms with E-state index in [-0.39, 0.29) is 6.10 Å². The van der Waals surface area contributed by atoms with E-state index in [2.05, 4.69) is 5.32 Å². The molecule has 3 aromatic carbocycles. The zero-order valence-electron chi connectivity index (χ0n) is 23.6. The number of carbonyl (C=O) groups excluding carboxylic acids is 4. The number of rotatable bonds is 6. The van der Waals surface area contributed by atoms with Gasteiger partial charge in [0, 0.05) is 5.69 Å². The van der Waals surface area contributed by atoms with E-state index in [4.69, 9.17) is 27.9 Å². The number of hydrogen-bond donors (Lipinski definition) is 1. The van der Waals surface area contributed by atoms with Gasteiger partial charge in [-0.1, -0.05) is 62.4 Å². The number of halogens is 2. The van der Waals surface area contributed by atoms with Gasteiger partial charge in [0.25, 0.3) is 0 Å². The molecule has 2 bridgehead atoms. The molecule has 0 unspecified atom stereocenters. The van der Waals surface area contributed by atoms with Gasteiger partial charge in [0.1, 0.15) is 15.8 Å². The van der Waals surface area contributed by atoms with Gasteiger partial charge in [0.15, 0.2) is 0 Å². The SMILES string of the molecule is CC(C)OC(=O)c1ccc(NC(=O)[C@H](C(C)C)N2C(=O)[C@@H]3[C@H](C2=O)C2(Cl)c4ccccc4C3(Cl)c3ccccc32)cc1. The van der Waals surface area contributed by atoms with Crippen LogP contribution in [-0.2, 0) is 28.9 Å². The van der Waals surface area contributed by atoms with Crippen molar-refractivity contribution in [2.45, 2.75) is 49.6 Å². The van der Waals surface area contributed by atoms with Crippen LogP contribution in [0.1, 0.15) is 60.3 Å². The van der Waals surface area contributed by atoms with Crippen LogP contribution in [0, 0.1) is 17.8 Å². The number of amides is 3. The Morgan fingerprint density at radius 2 is 1.19 bits per heavy atom. The minimum Gasteiger partial charge on any atom is -0.459 e. The maximum atomic E-state index is 14.3.